The van der Waals surface area contributed by atoms with Gasteiger partial charge in [0.25, 0.3) is 5.52 Å². The van der Waals surface area contributed by atoms with Crippen LogP contribution in [0.4, 0.5) is 0 Å². The predicted octanol–water partition coefficient (Wildman–Crippen LogP) is 0.514. The molecule has 0 aromatic heterocycles. The average Bonchev–Trinajstić information content (AvgIpc) is 2.38. The molecule has 1 rings (SSSR count). The van der Waals surface area contributed by atoms with Gasteiger partial charge in [-0.1, -0.05) is 12.1 Å². The predicted molar refractivity (Wildman–Crippen MR) is 83.4 cm³/mol. The van der Waals surface area contributed by atoms with Gasteiger partial charge in [-0.2, -0.15) is 0 Å². The van der Waals surface area contributed by atoms with E-state index >= 15 is 0 Å². The van der Waals surface area contributed by atoms with E-state index in [1.54, 1.807) is 12.1 Å². The van der Waals surface area contributed by atoms with E-state index in [1.165, 1.54) is 12.1 Å². The van der Waals surface area contributed by atoms with Crippen LogP contribution in [0.3, 0.4) is 0 Å². The molecule has 0 heterocycles. The minimum absolute atomic E-state index is 0.0890. The molecule has 1 unspecified atom stereocenters. The van der Waals surface area contributed by atoms with E-state index in [0.29, 0.717) is 10.0 Å². The summed E-state index contributed by atoms with van der Waals surface area (Å²) in [6, 6.07) is 5.04. The zero-order valence-electron chi connectivity index (χ0n) is 12.9. The molecule has 0 amide bonds. The summed E-state index contributed by atoms with van der Waals surface area (Å²) >= 11 is 0. The first kappa shape index (κ1) is 18.5. The van der Waals surface area contributed by atoms with Crippen LogP contribution < -0.4 is 5.09 Å². The molecule has 122 valence electrons. The van der Waals surface area contributed by atoms with Gasteiger partial charge in [-0.25, -0.2) is 0 Å². The third kappa shape index (κ3) is 6.49. The largest absolute Gasteiger partial charge is 0.508 e. The summed E-state index contributed by atoms with van der Waals surface area (Å²) in [5.41, 5.74) is 0.277. The molecule has 0 spiro atoms. The highest BCUT2D eigenvalue weighted by Crippen LogP contribution is 2.28. The first-order valence-corrected chi connectivity index (χ1v) is 7.97. The lowest BCUT2D eigenvalue weighted by Gasteiger charge is -2.25. The van der Waals surface area contributed by atoms with Gasteiger partial charge in [0.05, 0.1) is 21.1 Å². The number of phenolic OH excluding ortho intramolecular Hbond substituents is 1. The van der Waals surface area contributed by atoms with Crippen molar-refractivity contribution in [3.05, 3.63) is 29.8 Å². The van der Waals surface area contributed by atoms with Gasteiger partial charge in [0.2, 0.25) is 0 Å². The molecule has 0 fully saturated rings. The summed E-state index contributed by atoms with van der Waals surface area (Å²) in [5, 5.41) is 20.9. The Balaban J connectivity index is 2.70. The summed E-state index contributed by atoms with van der Waals surface area (Å²) in [6.07, 6.45) is 0.104. The Bertz CT molecular complexity index is 527. The van der Waals surface area contributed by atoms with Crippen molar-refractivity contribution in [2.24, 2.45) is 0 Å². The van der Waals surface area contributed by atoms with Crippen LogP contribution in [0.25, 0.3) is 0 Å². The second-order valence-corrected chi connectivity index (χ2v) is 7.43. The molecule has 1 aromatic rings. The molecule has 4 N–H and O–H groups in total. The topological polar surface area (TPSA) is 107 Å². The van der Waals surface area contributed by atoms with Crippen LogP contribution in [-0.2, 0) is 16.0 Å². The fraction of sp³-hybridized carbons (Fsp3) is 0.429. The fourth-order valence-corrected chi connectivity index (χ4v) is 2.95. The highest BCUT2D eigenvalue weighted by atomic mass is 31.2. The number of quaternary nitrogens is 1. The smallest absolute Gasteiger partial charge is 0.321 e. The second kappa shape index (κ2) is 7.65. The van der Waals surface area contributed by atoms with E-state index in [2.05, 4.69) is 5.09 Å². The lowest BCUT2D eigenvalue weighted by molar-refractivity contribution is -0.861. The first-order chi connectivity index (χ1) is 10.1. The summed E-state index contributed by atoms with van der Waals surface area (Å²) in [6.45, 7) is 0.112. The third-order valence-corrected chi connectivity index (χ3v) is 3.97. The van der Waals surface area contributed by atoms with Crippen LogP contribution >= 0.6 is 8.30 Å². The van der Waals surface area contributed by atoms with Crippen LogP contribution in [0.15, 0.2) is 24.3 Å². The molecule has 0 saturated carbocycles. The maximum atomic E-state index is 11.9. The lowest BCUT2D eigenvalue weighted by Crippen LogP contribution is -2.42. The number of carbonyl (C=O) groups is 2. The lowest BCUT2D eigenvalue weighted by atomic mass is 10.1. The number of benzene rings is 1. The number of aliphatic carboxylic acids is 1. The Morgan fingerprint density at radius 1 is 1.23 bits per heavy atom. The van der Waals surface area contributed by atoms with Crippen molar-refractivity contribution in [3.8, 4) is 5.75 Å². The van der Waals surface area contributed by atoms with Gasteiger partial charge in [0.1, 0.15) is 18.3 Å². The standard InChI is InChI=1S/C14H21N2O5P/c1-16(2,3)9-13(18)22(21)15-12(14(19)20)8-10-4-6-11(17)7-5-10/h4-7,12,15,21H,8-9H2,1-3H3,(H-,17,19,20)/p+1/t12-,22?/m0/s1. The first-order valence-electron chi connectivity index (χ1n) is 6.67. The van der Waals surface area contributed by atoms with Gasteiger partial charge in [-0.15, -0.1) is 0 Å². The van der Waals surface area contributed by atoms with E-state index < -0.39 is 25.8 Å². The maximum Gasteiger partial charge on any atom is 0.321 e. The zero-order chi connectivity index (χ0) is 16.9. The minimum atomic E-state index is -2.22. The van der Waals surface area contributed by atoms with Gasteiger partial charge in [0.15, 0.2) is 8.30 Å². The molecule has 0 bridgehead atoms. The summed E-state index contributed by atoms with van der Waals surface area (Å²) in [5.74, 6) is -1.06. The van der Waals surface area contributed by atoms with E-state index in [9.17, 15) is 24.7 Å². The number of nitrogens with one attached hydrogen (secondary N) is 1. The van der Waals surface area contributed by atoms with Crippen molar-refractivity contribution in [1.29, 1.82) is 0 Å². The number of carbonyl (C=O) groups excluding carboxylic acids is 1. The molecular formula is C14H22N2O5P+. The van der Waals surface area contributed by atoms with Crippen molar-refractivity contribution in [3.63, 3.8) is 0 Å². The van der Waals surface area contributed by atoms with Crippen molar-refractivity contribution < 1.29 is 29.2 Å². The number of hydrogen-bond acceptors (Lipinski definition) is 5. The summed E-state index contributed by atoms with van der Waals surface area (Å²) in [7, 11) is 3.22. The Labute approximate surface area is 130 Å². The average molecular weight is 329 g/mol. The number of nitrogens with zero attached hydrogens (tertiary/aromatic N) is 1. The Morgan fingerprint density at radius 2 is 1.77 bits per heavy atom. The molecule has 0 radical (unpaired) electrons. The van der Waals surface area contributed by atoms with Crippen molar-refractivity contribution in [2.45, 2.75) is 12.5 Å². The molecule has 7 nitrogen and oxygen atoms in total. The molecule has 0 aliphatic carbocycles. The van der Waals surface area contributed by atoms with Crippen LogP contribution in [0, 0.1) is 0 Å². The van der Waals surface area contributed by atoms with Gasteiger partial charge in [0, 0.05) is 0 Å². The molecule has 0 aliphatic rings. The SMILES string of the molecule is C[N+](C)(C)CC(=O)P(O)N[C@@H](Cc1ccc(O)cc1)C(=O)O. The van der Waals surface area contributed by atoms with Crippen molar-refractivity contribution in [2.75, 3.05) is 27.7 Å². The van der Waals surface area contributed by atoms with Crippen molar-refractivity contribution >= 4 is 19.8 Å². The van der Waals surface area contributed by atoms with E-state index in [1.807, 2.05) is 21.1 Å². The molecular weight excluding hydrogens is 307 g/mol. The summed E-state index contributed by atoms with van der Waals surface area (Å²) < 4.78 is 0.357. The van der Waals surface area contributed by atoms with E-state index in [0.717, 1.165) is 0 Å². The number of rotatable bonds is 8. The highest BCUT2D eigenvalue weighted by molar-refractivity contribution is 7.67. The minimum Gasteiger partial charge on any atom is -0.508 e. The number of phenols is 1. The van der Waals surface area contributed by atoms with Gasteiger partial charge in [-0.3, -0.25) is 14.7 Å². The Hall–Kier alpha value is -1.53. The fourth-order valence-electron chi connectivity index (χ4n) is 1.75. The van der Waals surface area contributed by atoms with Gasteiger partial charge < -0.3 is 19.6 Å². The van der Waals surface area contributed by atoms with Crippen LogP contribution in [-0.4, -0.2) is 64.8 Å². The quantitative estimate of drug-likeness (QED) is 0.409. The molecule has 1 aromatic carbocycles. The van der Waals surface area contributed by atoms with Crippen LogP contribution in [0.2, 0.25) is 0 Å². The van der Waals surface area contributed by atoms with Gasteiger partial charge in [-0.05, 0) is 24.1 Å². The van der Waals surface area contributed by atoms with Crippen LogP contribution in [0.1, 0.15) is 5.56 Å². The molecule has 0 aliphatic heterocycles. The molecule has 0 saturated heterocycles. The van der Waals surface area contributed by atoms with Gasteiger partial charge >= 0.3 is 5.97 Å². The molecule has 8 heteroatoms. The third-order valence-electron chi connectivity index (χ3n) is 2.80. The maximum absolute atomic E-state index is 11.9. The zero-order valence-corrected chi connectivity index (χ0v) is 13.7. The van der Waals surface area contributed by atoms with Crippen molar-refractivity contribution in [1.82, 2.24) is 5.09 Å². The Morgan fingerprint density at radius 3 is 2.23 bits per heavy atom. The molecule has 22 heavy (non-hydrogen) atoms. The Kier molecular flexibility index (Phi) is 6.44. The number of aromatic hydroxyl groups is 1. The van der Waals surface area contributed by atoms with Crippen LogP contribution in [0.5, 0.6) is 5.75 Å². The second-order valence-electron chi connectivity index (χ2n) is 6.04. The van der Waals surface area contributed by atoms with E-state index in [4.69, 9.17) is 0 Å². The monoisotopic (exact) mass is 329 g/mol. The summed E-state index contributed by atoms with van der Waals surface area (Å²) in [4.78, 5) is 33.1. The van der Waals surface area contributed by atoms with E-state index in [-0.39, 0.29) is 18.7 Å². The number of hydrogen-bond donors (Lipinski definition) is 4. The number of carboxylic acids is 1. The number of carboxylic acid groups (broad SMARTS) is 1. The molecule has 2 atom stereocenters. The normalized spacial score (nSPS) is 14.4. The highest BCUT2D eigenvalue weighted by Gasteiger charge is 2.28. The number of likely N-dealkylation sites (N-methyl/N-ethyl adjacent to an activating group) is 1.